The highest BCUT2D eigenvalue weighted by molar-refractivity contribution is 6.32. The van der Waals surface area contributed by atoms with Gasteiger partial charge >= 0.3 is 18.1 Å². The molecule has 1 aliphatic rings. The Balaban J connectivity index is 1.89. The Labute approximate surface area is 153 Å². The van der Waals surface area contributed by atoms with Gasteiger partial charge in [-0.1, -0.05) is 19.1 Å². The predicted octanol–water partition coefficient (Wildman–Crippen LogP) is 2.98. The third-order valence-electron chi connectivity index (χ3n) is 4.80. The molecule has 0 aliphatic carbocycles. The number of carbonyl (C=O) groups is 2. The first-order valence-corrected chi connectivity index (χ1v) is 8.62. The molecule has 3 rings (SSSR count). The number of likely N-dealkylation sites (tertiary alicyclic amines) is 1. The summed E-state index contributed by atoms with van der Waals surface area (Å²) in [6.07, 6.45) is -1.55. The molecule has 2 heterocycles. The van der Waals surface area contributed by atoms with Crippen molar-refractivity contribution in [2.75, 3.05) is 13.2 Å². The van der Waals surface area contributed by atoms with Crippen LogP contribution in [0, 0.1) is 5.92 Å². The lowest BCUT2D eigenvalue weighted by Gasteiger charge is -2.38. The van der Waals surface area contributed by atoms with Crippen molar-refractivity contribution < 1.29 is 27.5 Å². The smallest absolute Gasteiger partial charge is 0.422 e. The number of esters is 1. The van der Waals surface area contributed by atoms with Crippen LogP contribution in [0.2, 0.25) is 0 Å². The summed E-state index contributed by atoms with van der Waals surface area (Å²) in [7, 11) is 1.80. The number of carbonyl (C=O) groups excluding carboxylic acids is 2. The van der Waals surface area contributed by atoms with Gasteiger partial charge in [0, 0.05) is 19.0 Å². The fourth-order valence-corrected chi connectivity index (χ4v) is 3.52. The van der Waals surface area contributed by atoms with E-state index in [2.05, 4.69) is 9.84 Å². The second-order valence-corrected chi connectivity index (χ2v) is 6.90. The molecule has 0 unspecified atom stereocenters. The molecule has 6 nitrogen and oxygen atoms in total. The lowest BCUT2D eigenvalue weighted by Crippen LogP contribution is -2.45. The van der Waals surface area contributed by atoms with E-state index in [0.29, 0.717) is 6.42 Å². The van der Waals surface area contributed by atoms with Crippen molar-refractivity contribution in [1.29, 1.82) is 0 Å². The number of fused-ring (bicyclic) bond motifs is 1. The molecule has 27 heavy (non-hydrogen) atoms. The van der Waals surface area contributed by atoms with Crippen LogP contribution in [0.5, 0.6) is 0 Å². The van der Waals surface area contributed by atoms with Gasteiger partial charge in [-0.05, 0) is 30.4 Å². The lowest BCUT2D eigenvalue weighted by molar-refractivity contribution is -0.190. The summed E-state index contributed by atoms with van der Waals surface area (Å²) < 4.78 is 42.7. The molecule has 0 N–H and O–H groups in total. The van der Waals surface area contributed by atoms with Crippen LogP contribution < -0.4 is 0 Å². The molecule has 1 fully saturated rings. The van der Waals surface area contributed by atoms with Gasteiger partial charge in [0.25, 0.3) is 0 Å². The number of ether oxygens (including phenoxy) is 1. The standard InChI is InChI=1S/C18H20F3N3O3/c1-11-6-7-15(12-4-3-5-14-13(12)8-22-23(14)2)24(9-11)16(25)17(26)27-10-18(19,20)21/h3-5,8,11,15H,6-7,9-10H2,1-2H3/t11-,15+/m0/s1. The van der Waals surface area contributed by atoms with E-state index in [1.54, 1.807) is 17.9 Å². The molecule has 146 valence electrons. The van der Waals surface area contributed by atoms with Gasteiger partial charge in [-0.25, -0.2) is 4.79 Å². The summed E-state index contributed by atoms with van der Waals surface area (Å²) in [6, 6.07) is 5.16. The second-order valence-electron chi connectivity index (χ2n) is 6.90. The molecular formula is C18H20F3N3O3. The van der Waals surface area contributed by atoms with E-state index in [-0.39, 0.29) is 12.5 Å². The van der Waals surface area contributed by atoms with Gasteiger partial charge in [-0.3, -0.25) is 9.48 Å². The quantitative estimate of drug-likeness (QED) is 0.591. The Hall–Kier alpha value is -2.58. The minimum Gasteiger partial charge on any atom is -0.449 e. The van der Waals surface area contributed by atoms with Crippen molar-refractivity contribution >= 4 is 22.8 Å². The third kappa shape index (κ3) is 4.06. The van der Waals surface area contributed by atoms with Crippen molar-refractivity contribution in [3.8, 4) is 0 Å². The maximum atomic E-state index is 12.5. The van der Waals surface area contributed by atoms with Crippen molar-refractivity contribution in [3.63, 3.8) is 0 Å². The zero-order valence-electron chi connectivity index (χ0n) is 15.0. The first-order chi connectivity index (χ1) is 12.7. The van der Waals surface area contributed by atoms with Gasteiger partial charge in [-0.2, -0.15) is 18.3 Å². The van der Waals surface area contributed by atoms with Gasteiger partial charge in [-0.15, -0.1) is 0 Å². The molecule has 1 saturated heterocycles. The van der Waals surface area contributed by atoms with E-state index < -0.39 is 30.7 Å². The molecular weight excluding hydrogens is 363 g/mol. The number of piperidine rings is 1. The van der Waals surface area contributed by atoms with E-state index in [1.807, 2.05) is 25.1 Å². The zero-order valence-corrected chi connectivity index (χ0v) is 15.0. The lowest BCUT2D eigenvalue weighted by atomic mass is 9.88. The maximum absolute atomic E-state index is 12.5. The normalized spacial score (nSPS) is 20.7. The fraction of sp³-hybridized carbons (Fsp3) is 0.500. The highest BCUT2D eigenvalue weighted by Gasteiger charge is 2.37. The van der Waals surface area contributed by atoms with Crippen LogP contribution in [0.15, 0.2) is 24.4 Å². The van der Waals surface area contributed by atoms with E-state index >= 15 is 0 Å². The monoisotopic (exact) mass is 383 g/mol. The number of halogens is 3. The summed E-state index contributed by atoms with van der Waals surface area (Å²) in [5.41, 5.74) is 1.70. The number of hydrogen-bond acceptors (Lipinski definition) is 4. The fourth-order valence-electron chi connectivity index (χ4n) is 3.52. The number of benzene rings is 1. The SMILES string of the molecule is C[C@H]1CC[C@H](c2cccc3c2cnn3C)N(C(=O)C(=O)OCC(F)(F)F)C1. The highest BCUT2D eigenvalue weighted by atomic mass is 19.4. The van der Waals surface area contributed by atoms with Crippen LogP contribution in [-0.4, -0.2) is 45.9 Å². The van der Waals surface area contributed by atoms with Crippen LogP contribution in [0.25, 0.3) is 10.9 Å². The minimum atomic E-state index is -4.67. The Morgan fingerprint density at radius 1 is 1.30 bits per heavy atom. The molecule has 2 aromatic rings. The molecule has 1 amide bonds. The Kier molecular flexibility index (Phi) is 5.12. The van der Waals surface area contributed by atoms with Crippen LogP contribution in [0.1, 0.15) is 31.4 Å². The van der Waals surface area contributed by atoms with Crippen molar-refractivity contribution in [2.24, 2.45) is 13.0 Å². The molecule has 1 aromatic heterocycles. The summed E-state index contributed by atoms with van der Waals surface area (Å²) in [5.74, 6) is -2.39. The number of amides is 1. The molecule has 9 heteroatoms. The molecule has 0 bridgehead atoms. The number of alkyl halides is 3. The van der Waals surface area contributed by atoms with E-state index in [0.717, 1.165) is 22.9 Å². The van der Waals surface area contributed by atoms with Crippen LogP contribution >= 0.6 is 0 Å². The number of hydrogen-bond donors (Lipinski definition) is 0. The van der Waals surface area contributed by atoms with Crippen molar-refractivity contribution in [2.45, 2.75) is 32.0 Å². The maximum Gasteiger partial charge on any atom is 0.422 e. The summed E-state index contributed by atoms with van der Waals surface area (Å²) in [4.78, 5) is 25.8. The predicted molar refractivity (Wildman–Crippen MR) is 90.6 cm³/mol. The number of aromatic nitrogens is 2. The molecule has 0 saturated carbocycles. The summed E-state index contributed by atoms with van der Waals surface area (Å²) in [5, 5.41) is 5.07. The largest absolute Gasteiger partial charge is 0.449 e. The first kappa shape index (κ1) is 19.2. The zero-order chi connectivity index (χ0) is 19.8. The second kappa shape index (κ2) is 7.21. The van der Waals surface area contributed by atoms with Gasteiger partial charge in [0.1, 0.15) is 0 Å². The highest BCUT2D eigenvalue weighted by Crippen LogP contribution is 2.36. The first-order valence-electron chi connectivity index (χ1n) is 8.62. The average Bonchev–Trinajstić information content (AvgIpc) is 3.00. The van der Waals surface area contributed by atoms with Gasteiger partial charge in [0.15, 0.2) is 6.61 Å². The topological polar surface area (TPSA) is 64.4 Å². The molecule has 0 radical (unpaired) electrons. The average molecular weight is 383 g/mol. The van der Waals surface area contributed by atoms with Crippen LogP contribution in [-0.2, 0) is 21.4 Å². The molecule has 1 aliphatic heterocycles. The Morgan fingerprint density at radius 3 is 2.74 bits per heavy atom. The number of rotatable bonds is 2. The van der Waals surface area contributed by atoms with E-state index in [4.69, 9.17) is 0 Å². The molecule has 0 spiro atoms. The molecule has 2 atom stereocenters. The van der Waals surface area contributed by atoms with Gasteiger partial charge in [0.05, 0.1) is 17.8 Å². The van der Waals surface area contributed by atoms with E-state index in [9.17, 15) is 22.8 Å². The Bertz CT molecular complexity index is 862. The summed E-state index contributed by atoms with van der Waals surface area (Å²) >= 11 is 0. The third-order valence-corrected chi connectivity index (χ3v) is 4.80. The van der Waals surface area contributed by atoms with Crippen LogP contribution in [0.3, 0.4) is 0 Å². The summed E-state index contributed by atoms with van der Waals surface area (Å²) in [6.45, 7) is 0.438. The van der Waals surface area contributed by atoms with Crippen molar-refractivity contribution in [3.05, 3.63) is 30.0 Å². The van der Waals surface area contributed by atoms with E-state index in [1.165, 1.54) is 4.90 Å². The van der Waals surface area contributed by atoms with Crippen molar-refractivity contribution in [1.82, 2.24) is 14.7 Å². The number of nitrogens with zero attached hydrogens (tertiary/aromatic N) is 3. The minimum absolute atomic E-state index is 0.133. The number of aryl methyl sites for hydroxylation is 1. The Morgan fingerprint density at radius 2 is 2.04 bits per heavy atom. The van der Waals surface area contributed by atoms with Gasteiger partial charge in [0.2, 0.25) is 0 Å². The van der Waals surface area contributed by atoms with Gasteiger partial charge < -0.3 is 9.64 Å². The molecule has 1 aromatic carbocycles. The van der Waals surface area contributed by atoms with Crippen LogP contribution in [0.4, 0.5) is 13.2 Å².